The van der Waals surface area contributed by atoms with Gasteiger partial charge in [0.15, 0.2) is 5.82 Å². The summed E-state index contributed by atoms with van der Waals surface area (Å²) in [5.41, 5.74) is 8.19. The topological polar surface area (TPSA) is 77.8 Å². The number of hydrogen-bond acceptors (Lipinski definition) is 6. The van der Waals surface area contributed by atoms with Crippen LogP contribution in [0.3, 0.4) is 0 Å². The van der Waals surface area contributed by atoms with Gasteiger partial charge in [0.2, 0.25) is 0 Å². The zero-order chi connectivity index (χ0) is 14.1. The van der Waals surface area contributed by atoms with Crippen LogP contribution in [-0.4, -0.2) is 15.1 Å². The van der Waals surface area contributed by atoms with Crippen molar-refractivity contribution in [3.63, 3.8) is 0 Å². The predicted octanol–water partition coefficient (Wildman–Crippen LogP) is 3.44. The minimum atomic E-state index is 0.458. The highest BCUT2D eigenvalue weighted by molar-refractivity contribution is 9.10. The van der Waals surface area contributed by atoms with Gasteiger partial charge in [0.25, 0.3) is 5.89 Å². The molecule has 3 rings (SSSR count). The lowest BCUT2D eigenvalue weighted by Crippen LogP contribution is -1.91. The summed E-state index contributed by atoms with van der Waals surface area (Å²) in [4.78, 5) is 8.76. The molecule has 2 aromatic heterocycles. The van der Waals surface area contributed by atoms with Crippen LogP contribution >= 0.6 is 27.3 Å². The van der Waals surface area contributed by atoms with Gasteiger partial charge in [-0.1, -0.05) is 21.1 Å². The molecule has 0 aliphatic carbocycles. The number of nitrogens with zero attached hydrogens (tertiary/aromatic N) is 3. The maximum Gasteiger partial charge on any atom is 0.258 e. The van der Waals surface area contributed by atoms with E-state index < -0.39 is 0 Å². The molecule has 0 bridgehead atoms. The minimum Gasteiger partial charge on any atom is -0.399 e. The Bertz CT molecular complexity index is 732. The van der Waals surface area contributed by atoms with Crippen molar-refractivity contribution in [3.8, 4) is 11.5 Å². The second-order valence-electron chi connectivity index (χ2n) is 4.32. The lowest BCUT2D eigenvalue weighted by atomic mass is 10.2. The van der Waals surface area contributed by atoms with E-state index >= 15 is 0 Å². The van der Waals surface area contributed by atoms with Gasteiger partial charge >= 0.3 is 0 Å². The number of aromatic nitrogens is 3. The highest BCUT2D eigenvalue weighted by atomic mass is 79.9. The summed E-state index contributed by atoms with van der Waals surface area (Å²) < 4.78 is 6.16. The van der Waals surface area contributed by atoms with Crippen molar-refractivity contribution in [1.29, 1.82) is 0 Å². The van der Waals surface area contributed by atoms with E-state index in [9.17, 15) is 0 Å². The summed E-state index contributed by atoms with van der Waals surface area (Å²) in [5, 5.41) is 7.01. The Hall–Kier alpha value is -1.73. The van der Waals surface area contributed by atoms with Crippen molar-refractivity contribution in [2.45, 2.75) is 13.3 Å². The monoisotopic (exact) mass is 350 g/mol. The number of anilines is 1. The number of thiazole rings is 1. The molecule has 7 heteroatoms. The van der Waals surface area contributed by atoms with Crippen LogP contribution in [0.15, 0.2) is 32.6 Å². The Morgan fingerprint density at radius 2 is 2.15 bits per heavy atom. The van der Waals surface area contributed by atoms with Gasteiger partial charge in [-0.05, 0) is 25.1 Å². The summed E-state index contributed by atoms with van der Waals surface area (Å²) in [5.74, 6) is 1.07. The summed E-state index contributed by atoms with van der Waals surface area (Å²) >= 11 is 5.01. The standard InChI is InChI=1S/C13H11BrN4OS/c1-7-16-11(6-20-7)5-12-17-13(19-18-12)8-2-9(14)4-10(15)3-8/h2-4,6H,5,15H2,1H3. The van der Waals surface area contributed by atoms with Gasteiger partial charge in [0.1, 0.15) is 0 Å². The molecule has 0 aliphatic heterocycles. The molecule has 2 heterocycles. The molecule has 0 amide bonds. The van der Waals surface area contributed by atoms with E-state index in [1.165, 1.54) is 0 Å². The third-order valence-electron chi connectivity index (χ3n) is 2.64. The molecule has 0 spiro atoms. The number of halogens is 1. The molecule has 102 valence electrons. The molecule has 2 N–H and O–H groups in total. The van der Waals surface area contributed by atoms with Crippen LogP contribution in [0.2, 0.25) is 0 Å². The summed E-state index contributed by atoms with van der Waals surface area (Å²) in [6.07, 6.45) is 0.567. The number of nitrogens with two attached hydrogens (primary N) is 1. The molecule has 0 unspecified atom stereocenters. The van der Waals surface area contributed by atoms with Crippen LogP contribution < -0.4 is 5.73 Å². The number of nitrogen functional groups attached to an aromatic ring is 1. The van der Waals surface area contributed by atoms with E-state index in [-0.39, 0.29) is 0 Å². The number of rotatable bonds is 3. The smallest absolute Gasteiger partial charge is 0.258 e. The predicted molar refractivity (Wildman–Crippen MR) is 81.5 cm³/mol. The summed E-state index contributed by atoms with van der Waals surface area (Å²) in [6, 6.07) is 5.51. The highest BCUT2D eigenvalue weighted by Crippen LogP contribution is 2.25. The molecule has 0 radical (unpaired) electrons. The fourth-order valence-corrected chi connectivity index (χ4v) is 2.95. The molecule has 0 saturated heterocycles. The van der Waals surface area contributed by atoms with E-state index in [4.69, 9.17) is 10.3 Å². The molecule has 0 aliphatic rings. The first-order chi connectivity index (χ1) is 9.60. The number of hydrogen-bond donors (Lipinski definition) is 1. The average molecular weight is 351 g/mol. The third-order valence-corrected chi connectivity index (χ3v) is 3.92. The molecule has 0 atom stereocenters. The first-order valence-corrected chi connectivity index (χ1v) is 7.57. The fourth-order valence-electron chi connectivity index (χ4n) is 1.83. The second kappa shape index (κ2) is 5.34. The largest absolute Gasteiger partial charge is 0.399 e. The quantitative estimate of drug-likeness (QED) is 0.732. The Morgan fingerprint density at radius 3 is 2.85 bits per heavy atom. The van der Waals surface area contributed by atoms with Gasteiger partial charge in [-0.15, -0.1) is 11.3 Å². The second-order valence-corrected chi connectivity index (χ2v) is 6.30. The first kappa shape index (κ1) is 13.3. The van der Waals surface area contributed by atoms with E-state index in [0.717, 1.165) is 20.7 Å². The zero-order valence-corrected chi connectivity index (χ0v) is 13.0. The third kappa shape index (κ3) is 2.88. The Labute approximate surface area is 128 Å². The van der Waals surface area contributed by atoms with Crippen molar-refractivity contribution in [2.24, 2.45) is 0 Å². The van der Waals surface area contributed by atoms with Gasteiger partial charge in [0.05, 0.1) is 17.1 Å². The van der Waals surface area contributed by atoms with E-state index in [0.29, 0.717) is 23.8 Å². The van der Waals surface area contributed by atoms with E-state index in [1.807, 2.05) is 24.4 Å². The average Bonchev–Trinajstić information content (AvgIpc) is 2.98. The van der Waals surface area contributed by atoms with E-state index in [2.05, 4.69) is 31.1 Å². The zero-order valence-electron chi connectivity index (χ0n) is 10.6. The van der Waals surface area contributed by atoms with E-state index in [1.54, 1.807) is 17.4 Å². The Morgan fingerprint density at radius 1 is 1.30 bits per heavy atom. The fraction of sp³-hybridized carbons (Fsp3) is 0.154. The van der Waals surface area contributed by atoms with Crippen LogP contribution in [-0.2, 0) is 6.42 Å². The SMILES string of the molecule is Cc1nc(Cc2noc(-c3cc(N)cc(Br)c3)n2)cs1. The van der Waals surface area contributed by atoms with Crippen molar-refractivity contribution in [1.82, 2.24) is 15.1 Å². The minimum absolute atomic E-state index is 0.458. The molecule has 20 heavy (non-hydrogen) atoms. The van der Waals surface area contributed by atoms with Crippen LogP contribution in [0.25, 0.3) is 11.5 Å². The molecule has 1 aromatic carbocycles. The molecule has 3 aromatic rings. The maximum atomic E-state index is 5.80. The van der Waals surface area contributed by atoms with Crippen molar-refractivity contribution in [3.05, 3.63) is 44.6 Å². The van der Waals surface area contributed by atoms with Crippen LogP contribution in [0.4, 0.5) is 5.69 Å². The van der Waals surface area contributed by atoms with Gasteiger partial charge in [-0.25, -0.2) is 4.98 Å². The van der Waals surface area contributed by atoms with Crippen molar-refractivity contribution in [2.75, 3.05) is 5.73 Å². The van der Waals surface area contributed by atoms with Gasteiger partial charge in [-0.3, -0.25) is 0 Å². The first-order valence-electron chi connectivity index (χ1n) is 5.90. The summed E-state index contributed by atoms with van der Waals surface area (Å²) in [7, 11) is 0. The number of aryl methyl sites for hydroxylation is 1. The lowest BCUT2D eigenvalue weighted by molar-refractivity contribution is 0.423. The van der Waals surface area contributed by atoms with Crippen molar-refractivity contribution >= 4 is 33.0 Å². The molecule has 0 saturated carbocycles. The Kier molecular flexibility index (Phi) is 3.54. The molecule has 5 nitrogen and oxygen atoms in total. The summed E-state index contributed by atoms with van der Waals surface area (Å²) in [6.45, 7) is 1.97. The maximum absolute atomic E-state index is 5.80. The molecule has 0 fully saturated rings. The van der Waals surface area contributed by atoms with Crippen LogP contribution in [0, 0.1) is 6.92 Å². The lowest BCUT2D eigenvalue weighted by Gasteiger charge is -1.98. The number of benzene rings is 1. The van der Waals surface area contributed by atoms with Crippen LogP contribution in [0.1, 0.15) is 16.5 Å². The van der Waals surface area contributed by atoms with Gasteiger partial charge in [-0.2, -0.15) is 4.98 Å². The highest BCUT2D eigenvalue weighted by Gasteiger charge is 2.11. The van der Waals surface area contributed by atoms with Crippen LogP contribution in [0.5, 0.6) is 0 Å². The normalized spacial score (nSPS) is 10.9. The van der Waals surface area contributed by atoms with Crippen molar-refractivity contribution < 1.29 is 4.52 Å². The Balaban J connectivity index is 1.86. The van der Waals surface area contributed by atoms with Gasteiger partial charge in [0, 0.05) is 21.1 Å². The van der Waals surface area contributed by atoms with Gasteiger partial charge < -0.3 is 10.3 Å². The molecular weight excluding hydrogens is 340 g/mol. The molecular formula is C13H11BrN4OS.